The first-order valence-electron chi connectivity index (χ1n) is 6.47. The summed E-state index contributed by atoms with van der Waals surface area (Å²) >= 11 is 0. The molecule has 0 N–H and O–H groups in total. The van der Waals surface area contributed by atoms with Crippen molar-refractivity contribution in [2.45, 2.75) is 58.0 Å². The predicted molar refractivity (Wildman–Crippen MR) is 70.1 cm³/mol. The number of esters is 2. The molecule has 0 heterocycles. The second kappa shape index (κ2) is 10.8. The van der Waals surface area contributed by atoms with Gasteiger partial charge in [0.1, 0.15) is 0 Å². The van der Waals surface area contributed by atoms with Crippen LogP contribution in [0.5, 0.6) is 0 Å². The SMILES string of the molecule is C=CCCCCCCCC(OC(C)=O)C(=O)OC. The van der Waals surface area contributed by atoms with Crippen LogP contribution in [0.25, 0.3) is 0 Å². The van der Waals surface area contributed by atoms with Gasteiger partial charge in [-0.15, -0.1) is 6.58 Å². The summed E-state index contributed by atoms with van der Waals surface area (Å²) in [6.45, 7) is 4.97. The van der Waals surface area contributed by atoms with Gasteiger partial charge in [0.05, 0.1) is 7.11 Å². The van der Waals surface area contributed by atoms with Crippen molar-refractivity contribution in [3.8, 4) is 0 Å². The smallest absolute Gasteiger partial charge is 0.347 e. The summed E-state index contributed by atoms with van der Waals surface area (Å²) < 4.78 is 9.52. The zero-order valence-electron chi connectivity index (χ0n) is 11.4. The molecule has 0 aliphatic heterocycles. The maximum Gasteiger partial charge on any atom is 0.347 e. The van der Waals surface area contributed by atoms with Gasteiger partial charge in [-0.2, -0.15) is 0 Å². The molecule has 0 saturated heterocycles. The van der Waals surface area contributed by atoms with E-state index in [4.69, 9.17) is 4.74 Å². The lowest BCUT2D eigenvalue weighted by atomic mass is 10.1. The van der Waals surface area contributed by atoms with Crippen molar-refractivity contribution >= 4 is 11.9 Å². The molecule has 4 nitrogen and oxygen atoms in total. The third kappa shape index (κ3) is 8.79. The molecule has 0 rings (SSSR count). The number of carbonyl (C=O) groups is 2. The van der Waals surface area contributed by atoms with Gasteiger partial charge in [0, 0.05) is 6.92 Å². The fourth-order valence-corrected chi connectivity index (χ4v) is 1.71. The fraction of sp³-hybridized carbons (Fsp3) is 0.714. The summed E-state index contributed by atoms with van der Waals surface area (Å²) in [5, 5.41) is 0. The Balaban J connectivity index is 3.72. The lowest BCUT2D eigenvalue weighted by Gasteiger charge is -2.14. The minimum Gasteiger partial charge on any atom is -0.466 e. The summed E-state index contributed by atoms with van der Waals surface area (Å²) in [5.41, 5.74) is 0. The van der Waals surface area contributed by atoms with Crippen molar-refractivity contribution < 1.29 is 19.1 Å². The predicted octanol–water partition coefficient (Wildman–Crippen LogP) is 3.01. The molecule has 0 radical (unpaired) electrons. The largest absolute Gasteiger partial charge is 0.466 e. The van der Waals surface area contributed by atoms with E-state index in [2.05, 4.69) is 11.3 Å². The first-order chi connectivity index (χ1) is 8.61. The minimum atomic E-state index is -0.749. The van der Waals surface area contributed by atoms with Crippen molar-refractivity contribution in [2.24, 2.45) is 0 Å². The van der Waals surface area contributed by atoms with Crippen molar-refractivity contribution in [1.82, 2.24) is 0 Å². The lowest BCUT2D eigenvalue weighted by molar-refractivity contribution is -0.165. The van der Waals surface area contributed by atoms with Crippen LogP contribution in [0.15, 0.2) is 12.7 Å². The van der Waals surface area contributed by atoms with Gasteiger partial charge in [-0.05, 0) is 25.7 Å². The van der Waals surface area contributed by atoms with Gasteiger partial charge in [0.15, 0.2) is 6.10 Å². The third-order valence-electron chi connectivity index (χ3n) is 2.65. The van der Waals surface area contributed by atoms with E-state index in [0.29, 0.717) is 6.42 Å². The summed E-state index contributed by atoms with van der Waals surface area (Å²) in [5.74, 6) is -0.923. The number of ether oxygens (including phenoxy) is 2. The maximum absolute atomic E-state index is 11.3. The van der Waals surface area contributed by atoms with Crippen molar-refractivity contribution in [3.63, 3.8) is 0 Å². The monoisotopic (exact) mass is 256 g/mol. The van der Waals surface area contributed by atoms with Crippen molar-refractivity contribution in [3.05, 3.63) is 12.7 Å². The van der Waals surface area contributed by atoms with Crippen LogP contribution in [-0.2, 0) is 19.1 Å². The molecule has 0 aromatic rings. The zero-order valence-corrected chi connectivity index (χ0v) is 11.4. The Labute approximate surface area is 109 Å². The second-order valence-corrected chi connectivity index (χ2v) is 4.26. The number of carbonyl (C=O) groups excluding carboxylic acids is 2. The van der Waals surface area contributed by atoms with Gasteiger partial charge in [-0.25, -0.2) is 4.79 Å². The number of allylic oxidation sites excluding steroid dienone is 1. The molecule has 104 valence electrons. The van der Waals surface area contributed by atoms with E-state index in [0.717, 1.165) is 32.1 Å². The fourth-order valence-electron chi connectivity index (χ4n) is 1.71. The maximum atomic E-state index is 11.3. The van der Waals surface area contributed by atoms with E-state index in [-0.39, 0.29) is 0 Å². The van der Waals surface area contributed by atoms with Gasteiger partial charge in [0.25, 0.3) is 0 Å². The van der Waals surface area contributed by atoms with Gasteiger partial charge < -0.3 is 9.47 Å². The van der Waals surface area contributed by atoms with Crippen LogP contribution >= 0.6 is 0 Å². The Morgan fingerprint density at radius 3 is 2.33 bits per heavy atom. The summed E-state index contributed by atoms with van der Waals surface area (Å²) in [4.78, 5) is 22.2. The van der Waals surface area contributed by atoms with E-state index < -0.39 is 18.0 Å². The molecule has 0 aliphatic rings. The summed E-state index contributed by atoms with van der Waals surface area (Å²) in [7, 11) is 1.30. The third-order valence-corrected chi connectivity index (χ3v) is 2.65. The van der Waals surface area contributed by atoms with Crippen LogP contribution in [0.1, 0.15) is 51.9 Å². The molecule has 0 bridgehead atoms. The van der Waals surface area contributed by atoms with Crippen LogP contribution in [0.4, 0.5) is 0 Å². The van der Waals surface area contributed by atoms with E-state index in [1.54, 1.807) is 0 Å². The highest BCUT2D eigenvalue weighted by molar-refractivity contribution is 5.78. The molecule has 0 fully saturated rings. The molecule has 0 aromatic heterocycles. The molecule has 0 aromatic carbocycles. The topological polar surface area (TPSA) is 52.6 Å². The first-order valence-corrected chi connectivity index (χ1v) is 6.47. The highest BCUT2D eigenvalue weighted by Gasteiger charge is 2.21. The number of unbranched alkanes of at least 4 members (excludes halogenated alkanes) is 5. The normalized spacial score (nSPS) is 11.7. The first kappa shape index (κ1) is 16.7. The van der Waals surface area contributed by atoms with Gasteiger partial charge in [-0.1, -0.05) is 25.3 Å². The van der Waals surface area contributed by atoms with Gasteiger partial charge in [-0.3, -0.25) is 4.79 Å². The average molecular weight is 256 g/mol. The van der Waals surface area contributed by atoms with Crippen LogP contribution in [-0.4, -0.2) is 25.2 Å². The van der Waals surface area contributed by atoms with E-state index in [9.17, 15) is 9.59 Å². The Morgan fingerprint density at radius 1 is 1.17 bits per heavy atom. The standard InChI is InChI=1S/C14H24O4/c1-4-5-6-7-8-9-10-11-13(14(16)17-3)18-12(2)15/h4,13H,1,5-11H2,2-3H3. The Morgan fingerprint density at radius 2 is 1.78 bits per heavy atom. The van der Waals surface area contributed by atoms with E-state index in [1.165, 1.54) is 20.5 Å². The summed E-state index contributed by atoms with van der Waals surface area (Å²) in [6.07, 6.45) is 8.12. The van der Waals surface area contributed by atoms with Gasteiger partial charge in [0.2, 0.25) is 0 Å². The summed E-state index contributed by atoms with van der Waals surface area (Å²) in [6, 6.07) is 0. The molecule has 0 amide bonds. The molecule has 0 aliphatic carbocycles. The highest BCUT2D eigenvalue weighted by Crippen LogP contribution is 2.11. The Kier molecular flexibility index (Phi) is 10.0. The molecule has 18 heavy (non-hydrogen) atoms. The van der Waals surface area contributed by atoms with Crippen LogP contribution < -0.4 is 0 Å². The highest BCUT2D eigenvalue weighted by atomic mass is 16.6. The molecular formula is C14H24O4. The molecule has 1 atom stereocenters. The number of methoxy groups -OCH3 is 1. The minimum absolute atomic E-state index is 0.448. The van der Waals surface area contributed by atoms with Crippen molar-refractivity contribution in [2.75, 3.05) is 7.11 Å². The van der Waals surface area contributed by atoms with Crippen LogP contribution in [0.2, 0.25) is 0 Å². The molecule has 1 unspecified atom stereocenters. The molecule has 0 spiro atoms. The van der Waals surface area contributed by atoms with E-state index >= 15 is 0 Å². The van der Waals surface area contributed by atoms with E-state index in [1.807, 2.05) is 6.08 Å². The Bertz CT molecular complexity index is 261. The number of hydrogen-bond donors (Lipinski definition) is 0. The lowest BCUT2D eigenvalue weighted by Crippen LogP contribution is -2.27. The van der Waals surface area contributed by atoms with Crippen molar-refractivity contribution in [1.29, 1.82) is 0 Å². The van der Waals surface area contributed by atoms with Crippen LogP contribution in [0, 0.1) is 0 Å². The average Bonchev–Trinajstić information content (AvgIpc) is 2.34. The molecular weight excluding hydrogens is 232 g/mol. The van der Waals surface area contributed by atoms with Crippen LogP contribution in [0.3, 0.4) is 0 Å². The van der Waals surface area contributed by atoms with Gasteiger partial charge >= 0.3 is 11.9 Å². The molecule has 0 saturated carbocycles. The quantitative estimate of drug-likeness (QED) is 0.342. The number of rotatable bonds is 10. The zero-order chi connectivity index (χ0) is 13.8. The second-order valence-electron chi connectivity index (χ2n) is 4.26. The number of hydrogen-bond acceptors (Lipinski definition) is 4. The molecule has 4 heteroatoms. The Hall–Kier alpha value is -1.32.